The Morgan fingerprint density at radius 3 is 2.10 bits per heavy atom. The van der Waals surface area contributed by atoms with E-state index in [1.807, 2.05) is 30.3 Å². The van der Waals surface area contributed by atoms with E-state index in [0.29, 0.717) is 5.69 Å². The van der Waals surface area contributed by atoms with Crippen LogP contribution in [-0.4, -0.2) is 62.2 Å². The van der Waals surface area contributed by atoms with Crippen molar-refractivity contribution in [2.75, 3.05) is 24.9 Å². The van der Waals surface area contributed by atoms with Crippen LogP contribution >= 0.6 is 0 Å². The fraction of sp³-hybridized carbons (Fsp3) is 0.355. The lowest BCUT2D eigenvalue weighted by atomic mass is 10.0. The molecule has 1 aliphatic carbocycles. The molecule has 0 heterocycles. The molecule has 1 atom stereocenters. The van der Waals surface area contributed by atoms with Gasteiger partial charge in [0.15, 0.2) is 0 Å². The average Bonchev–Trinajstić information content (AvgIpc) is 3.48. The standard InChI is InChI=1S/C31H37FN4O4S/c1-34(2)41(39,40)36(27-18-7-4-8-19-27)23-30(37)35(22-25-15-9-12-20-28(25)32)29(21-24-13-5-3-6-14-24)31(38)33-26-16-10-11-17-26/h3-9,12-15,18-20,26,29H,10-11,16-17,21-23H2,1-2H3,(H,33,38). The maximum Gasteiger partial charge on any atom is 0.304 e. The fourth-order valence-electron chi connectivity index (χ4n) is 5.04. The Morgan fingerprint density at radius 1 is 0.902 bits per heavy atom. The molecule has 1 saturated carbocycles. The maximum atomic E-state index is 14.9. The molecule has 0 bridgehead atoms. The minimum atomic E-state index is -4.08. The number of anilines is 1. The van der Waals surface area contributed by atoms with Gasteiger partial charge in [0.2, 0.25) is 11.8 Å². The number of hydrogen-bond acceptors (Lipinski definition) is 4. The highest BCUT2D eigenvalue weighted by atomic mass is 32.2. The van der Waals surface area contributed by atoms with Crippen LogP contribution < -0.4 is 9.62 Å². The lowest BCUT2D eigenvalue weighted by molar-refractivity contribution is -0.140. The summed E-state index contributed by atoms with van der Waals surface area (Å²) in [5.74, 6) is -1.47. The molecule has 3 aromatic rings. The van der Waals surface area contributed by atoms with Crippen LogP contribution in [0.3, 0.4) is 0 Å². The first kappa shape index (κ1) is 30.2. The summed E-state index contributed by atoms with van der Waals surface area (Å²) >= 11 is 0. The van der Waals surface area contributed by atoms with Gasteiger partial charge in [-0.05, 0) is 36.6 Å². The second kappa shape index (κ2) is 13.7. The third kappa shape index (κ3) is 7.71. The summed E-state index contributed by atoms with van der Waals surface area (Å²) in [4.78, 5) is 29.3. The smallest absolute Gasteiger partial charge is 0.304 e. The molecule has 0 aromatic heterocycles. The molecule has 218 valence electrons. The quantitative estimate of drug-likeness (QED) is 0.349. The molecule has 1 fully saturated rings. The summed E-state index contributed by atoms with van der Waals surface area (Å²) in [5.41, 5.74) is 1.36. The van der Waals surface area contributed by atoms with Gasteiger partial charge in [0, 0.05) is 38.7 Å². The van der Waals surface area contributed by atoms with Crippen LogP contribution in [-0.2, 0) is 32.8 Å². The van der Waals surface area contributed by atoms with Crippen LogP contribution in [0.1, 0.15) is 36.8 Å². The second-order valence-electron chi connectivity index (χ2n) is 10.4. The number of hydrogen-bond donors (Lipinski definition) is 1. The Kier molecular flexibility index (Phi) is 10.1. The highest BCUT2D eigenvalue weighted by Gasteiger charge is 2.35. The fourth-order valence-corrected chi connectivity index (χ4v) is 6.10. The second-order valence-corrected chi connectivity index (χ2v) is 12.5. The van der Waals surface area contributed by atoms with Gasteiger partial charge in [-0.3, -0.25) is 9.59 Å². The highest BCUT2D eigenvalue weighted by molar-refractivity contribution is 7.90. The first-order chi connectivity index (χ1) is 19.7. The molecular formula is C31H37FN4O4S. The topological polar surface area (TPSA) is 90.0 Å². The van der Waals surface area contributed by atoms with Crippen molar-refractivity contribution in [1.82, 2.24) is 14.5 Å². The zero-order valence-corrected chi connectivity index (χ0v) is 24.3. The Labute approximate surface area is 241 Å². The number of nitrogens with one attached hydrogen (secondary N) is 1. The summed E-state index contributed by atoms with van der Waals surface area (Å²) in [5, 5.41) is 3.10. The Hall–Kier alpha value is -3.76. The van der Waals surface area contributed by atoms with E-state index in [2.05, 4.69) is 5.32 Å². The third-order valence-electron chi connectivity index (χ3n) is 7.33. The molecule has 3 aromatic carbocycles. The monoisotopic (exact) mass is 580 g/mol. The SMILES string of the molecule is CN(C)S(=O)(=O)N(CC(=O)N(Cc1ccccc1F)C(Cc1ccccc1)C(=O)NC1CCCC1)c1ccccc1. The van der Waals surface area contributed by atoms with Crippen molar-refractivity contribution < 1.29 is 22.4 Å². The molecule has 1 unspecified atom stereocenters. The molecule has 0 radical (unpaired) electrons. The number of halogens is 1. The molecule has 4 rings (SSSR count). The van der Waals surface area contributed by atoms with Crippen molar-refractivity contribution in [3.8, 4) is 0 Å². The minimum absolute atomic E-state index is 0.00104. The number of benzene rings is 3. The summed E-state index contributed by atoms with van der Waals surface area (Å²) in [6.07, 6.45) is 3.92. The molecular weight excluding hydrogens is 543 g/mol. The van der Waals surface area contributed by atoms with Gasteiger partial charge in [-0.1, -0.05) is 79.6 Å². The van der Waals surface area contributed by atoms with Crippen LogP contribution in [0.15, 0.2) is 84.9 Å². The van der Waals surface area contributed by atoms with E-state index in [-0.39, 0.29) is 30.5 Å². The van der Waals surface area contributed by atoms with Crippen LogP contribution in [0.2, 0.25) is 0 Å². The Balaban J connectivity index is 1.75. The van der Waals surface area contributed by atoms with Crippen molar-refractivity contribution >= 4 is 27.7 Å². The number of rotatable bonds is 12. The first-order valence-corrected chi connectivity index (χ1v) is 15.2. The Bertz CT molecular complexity index is 1410. The van der Waals surface area contributed by atoms with E-state index in [0.717, 1.165) is 39.9 Å². The number of nitrogens with zero attached hydrogens (tertiary/aromatic N) is 3. The number of para-hydroxylation sites is 1. The number of carbonyl (C=O) groups excluding carboxylic acids is 2. The lowest BCUT2D eigenvalue weighted by Crippen LogP contribution is -2.55. The number of amides is 2. The van der Waals surface area contributed by atoms with Gasteiger partial charge in [-0.25, -0.2) is 8.70 Å². The van der Waals surface area contributed by atoms with Gasteiger partial charge in [-0.15, -0.1) is 0 Å². The first-order valence-electron chi connectivity index (χ1n) is 13.8. The normalized spacial score (nSPS) is 14.5. The summed E-state index contributed by atoms with van der Waals surface area (Å²) in [6.45, 7) is -0.771. The van der Waals surface area contributed by atoms with Crippen molar-refractivity contribution in [2.24, 2.45) is 0 Å². The van der Waals surface area contributed by atoms with Crippen molar-refractivity contribution in [2.45, 2.75) is 50.7 Å². The largest absolute Gasteiger partial charge is 0.352 e. The summed E-state index contributed by atoms with van der Waals surface area (Å²) in [7, 11) is -1.30. The molecule has 1 N–H and O–H groups in total. The predicted octanol–water partition coefficient (Wildman–Crippen LogP) is 4.14. The van der Waals surface area contributed by atoms with Crippen LogP contribution in [0.5, 0.6) is 0 Å². The minimum Gasteiger partial charge on any atom is -0.352 e. The maximum absolute atomic E-state index is 14.9. The van der Waals surface area contributed by atoms with E-state index in [9.17, 15) is 22.4 Å². The zero-order valence-electron chi connectivity index (χ0n) is 23.4. The lowest BCUT2D eigenvalue weighted by Gasteiger charge is -2.35. The molecule has 0 spiro atoms. The molecule has 8 nitrogen and oxygen atoms in total. The van der Waals surface area contributed by atoms with Gasteiger partial charge in [-0.2, -0.15) is 12.7 Å². The van der Waals surface area contributed by atoms with Crippen LogP contribution in [0.25, 0.3) is 0 Å². The Morgan fingerprint density at radius 2 is 1.49 bits per heavy atom. The highest BCUT2D eigenvalue weighted by Crippen LogP contribution is 2.23. The average molecular weight is 581 g/mol. The van der Waals surface area contributed by atoms with Gasteiger partial charge in [0.25, 0.3) is 0 Å². The van der Waals surface area contributed by atoms with Gasteiger partial charge >= 0.3 is 10.2 Å². The molecule has 1 aliphatic rings. The van der Waals surface area contributed by atoms with E-state index in [4.69, 9.17) is 0 Å². The van der Waals surface area contributed by atoms with Gasteiger partial charge in [0.05, 0.1) is 5.69 Å². The van der Waals surface area contributed by atoms with E-state index in [1.165, 1.54) is 25.1 Å². The van der Waals surface area contributed by atoms with E-state index < -0.39 is 34.5 Å². The van der Waals surface area contributed by atoms with E-state index >= 15 is 0 Å². The molecule has 41 heavy (non-hydrogen) atoms. The molecule has 2 amide bonds. The van der Waals surface area contributed by atoms with Crippen molar-refractivity contribution in [3.63, 3.8) is 0 Å². The van der Waals surface area contributed by atoms with Crippen molar-refractivity contribution in [1.29, 1.82) is 0 Å². The zero-order chi connectivity index (χ0) is 29.4. The van der Waals surface area contributed by atoms with Crippen LogP contribution in [0.4, 0.5) is 10.1 Å². The van der Waals surface area contributed by atoms with E-state index in [1.54, 1.807) is 48.5 Å². The van der Waals surface area contributed by atoms with Crippen molar-refractivity contribution in [3.05, 3.63) is 102 Å². The predicted molar refractivity (Wildman–Crippen MR) is 158 cm³/mol. The van der Waals surface area contributed by atoms with Crippen LogP contribution in [0, 0.1) is 5.82 Å². The number of carbonyl (C=O) groups is 2. The third-order valence-corrected chi connectivity index (χ3v) is 9.15. The molecule has 10 heteroatoms. The summed E-state index contributed by atoms with van der Waals surface area (Å²) < 4.78 is 43.7. The van der Waals surface area contributed by atoms with Gasteiger partial charge < -0.3 is 10.2 Å². The van der Waals surface area contributed by atoms with Gasteiger partial charge in [0.1, 0.15) is 18.4 Å². The molecule has 0 aliphatic heterocycles. The molecule has 0 saturated heterocycles. The summed E-state index contributed by atoms with van der Waals surface area (Å²) in [6, 6.07) is 22.7.